The number of pyridine rings is 1. The molecule has 0 saturated carbocycles. The van der Waals surface area contributed by atoms with E-state index in [0.29, 0.717) is 16.8 Å². The van der Waals surface area contributed by atoms with Crippen LogP contribution in [0.1, 0.15) is 32.1 Å². The summed E-state index contributed by atoms with van der Waals surface area (Å²) in [6.45, 7) is 2.57. The fourth-order valence-electron chi connectivity index (χ4n) is 2.28. The summed E-state index contributed by atoms with van der Waals surface area (Å²) in [5.74, 6) is -0.887. The second-order valence-electron chi connectivity index (χ2n) is 4.80. The largest absolute Gasteiger partial charge is 0.618 e. The third-order valence-corrected chi connectivity index (χ3v) is 3.15. The van der Waals surface area contributed by atoms with Gasteiger partial charge in [-0.05, 0) is 6.07 Å². The van der Waals surface area contributed by atoms with Gasteiger partial charge in [-0.1, -0.05) is 0 Å². The molecule has 1 aliphatic heterocycles. The zero-order valence-corrected chi connectivity index (χ0v) is 11.9. The molecule has 1 aromatic heterocycles. The number of nitrogens with zero attached hydrogens (tertiary/aromatic N) is 1. The van der Waals surface area contributed by atoms with Crippen LogP contribution in [0.2, 0.25) is 0 Å². The summed E-state index contributed by atoms with van der Waals surface area (Å²) in [6, 6.07) is 5.00. The Balaban J connectivity index is 2.11. The molecule has 1 fully saturated rings. The van der Waals surface area contributed by atoms with Gasteiger partial charge in [0.25, 0.3) is 0 Å². The normalized spacial score (nSPS) is 24.6. The zero-order valence-electron chi connectivity index (χ0n) is 11.9. The lowest BCUT2D eigenvalue weighted by molar-refractivity contribution is -0.618. The number of ether oxygens (including phenoxy) is 3. The first-order chi connectivity index (χ1) is 9.97. The van der Waals surface area contributed by atoms with E-state index in [1.54, 1.807) is 18.2 Å². The van der Waals surface area contributed by atoms with E-state index < -0.39 is 30.3 Å². The average molecular weight is 295 g/mol. The third kappa shape index (κ3) is 3.91. The van der Waals surface area contributed by atoms with Crippen LogP contribution in [0, 0.1) is 5.21 Å². The topological polar surface area (TPSA) is 88.8 Å². The molecule has 0 radical (unpaired) electrons. The summed E-state index contributed by atoms with van der Waals surface area (Å²) in [5.41, 5.74) is 0.431. The van der Waals surface area contributed by atoms with E-state index >= 15 is 0 Å². The van der Waals surface area contributed by atoms with Crippen LogP contribution in [0.25, 0.3) is 0 Å². The molecular formula is C14H17NO6. The Bertz CT molecular complexity index is 532. The van der Waals surface area contributed by atoms with E-state index in [4.69, 9.17) is 14.2 Å². The van der Waals surface area contributed by atoms with Crippen LogP contribution in [0.15, 0.2) is 24.4 Å². The lowest BCUT2D eigenvalue weighted by Gasteiger charge is -2.17. The van der Waals surface area contributed by atoms with Crippen molar-refractivity contribution in [3.05, 3.63) is 35.3 Å². The number of esters is 2. The van der Waals surface area contributed by atoms with Gasteiger partial charge in [-0.15, -0.1) is 0 Å². The molecule has 0 aromatic carbocycles. The fraction of sp³-hybridized carbons (Fsp3) is 0.500. The molecule has 2 rings (SSSR count). The van der Waals surface area contributed by atoms with Crippen molar-refractivity contribution >= 4 is 11.9 Å². The van der Waals surface area contributed by atoms with Gasteiger partial charge in [0.15, 0.2) is 6.20 Å². The summed E-state index contributed by atoms with van der Waals surface area (Å²) in [6.07, 6.45) is 0.0834. The SMILES string of the molecule is CC(=O)OC[C@H]1O[C@@H](c2cccc[n+]2[O-])C[C@@H]1OC(C)=O. The molecule has 0 N–H and O–H groups in total. The standard InChI is InChI=1S/C14H17NO6/c1-9(16)19-8-14-13(20-10(2)17)7-12(21-14)11-5-3-4-6-15(11)18/h3-6,12-14H,7-8H2,1-2H3/t12-,13+,14-/m1/s1. The van der Waals surface area contributed by atoms with E-state index in [0.717, 1.165) is 0 Å². The van der Waals surface area contributed by atoms with Crippen molar-refractivity contribution in [2.75, 3.05) is 6.61 Å². The minimum atomic E-state index is -0.581. The van der Waals surface area contributed by atoms with Crippen LogP contribution in [-0.2, 0) is 23.8 Å². The Morgan fingerprint density at radius 1 is 1.38 bits per heavy atom. The maximum Gasteiger partial charge on any atom is 0.302 e. The molecule has 0 aliphatic carbocycles. The average Bonchev–Trinajstić information content (AvgIpc) is 2.79. The molecule has 0 amide bonds. The molecule has 114 valence electrons. The maximum absolute atomic E-state index is 11.8. The Morgan fingerprint density at radius 2 is 2.14 bits per heavy atom. The molecule has 0 bridgehead atoms. The van der Waals surface area contributed by atoms with Gasteiger partial charge in [0, 0.05) is 32.4 Å². The Labute approximate surface area is 122 Å². The summed E-state index contributed by atoms with van der Waals surface area (Å²) >= 11 is 0. The minimum absolute atomic E-state index is 0.0184. The van der Waals surface area contributed by atoms with Gasteiger partial charge < -0.3 is 19.4 Å². The van der Waals surface area contributed by atoms with Crippen LogP contribution >= 0.6 is 0 Å². The first-order valence-electron chi connectivity index (χ1n) is 6.61. The van der Waals surface area contributed by atoms with Crippen LogP contribution in [-0.4, -0.2) is 30.8 Å². The predicted molar refractivity (Wildman–Crippen MR) is 69.8 cm³/mol. The number of hydrogen-bond donors (Lipinski definition) is 0. The monoisotopic (exact) mass is 295 g/mol. The predicted octanol–water partition coefficient (Wildman–Crippen LogP) is 0.645. The van der Waals surface area contributed by atoms with Gasteiger partial charge in [0.2, 0.25) is 5.69 Å². The van der Waals surface area contributed by atoms with Gasteiger partial charge >= 0.3 is 11.9 Å². The summed E-state index contributed by atoms with van der Waals surface area (Å²) in [7, 11) is 0. The van der Waals surface area contributed by atoms with Crippen molar-refractivity contribution < 1.29 is 28.5 Å². The molecule has 3 atom stereocenters. The van der Waals surface area contributed by atoms with Crippen molar-refractivity contribution in [2.24, 2.45) is 0 Å². The highest BCUT2D eigenvalue weighted by molar-refractivity contribution is 5.66. The number of hydrogen-bond acceptors (Lipinski definition) is 6. The van der Waals surface area contributed by atoms with Crippen LogP contribution in [0.5, 0.6) is 0 Å². The molecule has 7 nitrogen and oxygen atoms in total. The zero-order chi connectivity index (χ0) is 15.4. The van der Waals surface area contributed by atoms with Gasteiger partial charge in [0.1, 0.15) is 24.9 Å². The lowest BCUT2D eigenvalue weighted by Crippen LogP contribution is -2.33. The Morgan fingerprint density at radius 3 is 2.76 bits per heavy atom. The summed E-state index contributed by atoms with van der Waals surface area (Å²) in [4.78, 5) is 22.0. The van der Waals surface area contributed by atoms with Crippen molar-refractivity contribution in [3.8, 4) is 0 Å². The molecular weight excluding hydrogens is 278 g/mol. The molecule has 0 spiro atoms. The van der Waals surface area contributed by atoms with Crippen LogP contribution in [0.3, 0.4) is 0 Å². The van der Waals surface area contributed by atoms with Gasteiger partial charge in [-0.2, -0.15) is 4.73 Å². The third-order valence-electron chi connectivity index (χ3n) is 3.15. The number of rotatable bonds is 4. The maximum atomic E-state index is 11.8. The quantitative estimate of drug-likeness (QED) is 0.460. The Hall–Kier alpha value is -2.15. The van der Waals surface area contributed by atoms with E-state index in [-0.39, 0.29) is 6.61 Å². The summed E-state index contributed by atoms with van der Waals surface area (Å²) in [5, 5.41) is 11.8. The Kier molecular flexibility index (Phi) is 4.74. The van der Waals surface area contributed by atoms with E-state index in [9.17, 15) is 14.8 Å². The molecule has 21 heavy (non-hydrogen) atoms. The van der Waals surface area contributed by atoms with Gasteiger partial charge in [-0.25, -0.2) is 0 Å². The lowest BCUT2D eigenvalue weighted by atomic mass is 10.1. The van der Waals surface area contributed by atoms with Crippen molar-refractivity contribution in [1.29, 1.82) is 0 Å². The highest BCUT2D eigenvalue weighted by atomic mass is 16.6. The smallest absolute Gasteiger partial charge is 0.302 e. The van der Waals surface area contributed by atoms with Crippen molar-refractivity contribution in [3.63, 3.8) is 0 Å². The van der Waals surface area contributed by atoms with Crippen molar-refractivity contribution in [1.82, 2.24) is 0 Å². The summed E-state index contributed by atoms with van der Waals surface area (Å²) < 4.78 is 16.5. The molecule has 0 unspecified atom stereocenters. The number of carbonyl (C=O) groups excluding carboxylic acids is 2. The van der Waals surface area contributed by atoms with E-state index in [2.05, 4.69) is 0 Å². The second kappa shape index (κ2) is 6.53. The van der Waals surface area contributed by atoms with Crippen LogP contribution < -0.4 is 4.73 Å². The van der Waals surface area contributed by atoms with Gasteiger partial charge in [-0.3, -0.25) is 9.59 Å². The molecule has 7 heteroatoms. The highest BCUT2D eigenvalue weighted by Crippen LogP contribution is 2.33. The molecule has 1 saturated heterocycles. The molecule has 1 aliphatic rings. The van der Waals surface area contributed by atoms with Gasteiger partial charge in [0.05, 0.1) is 0 Å². The van der Waals surface area contributed by atoms with E-state index in [1.807, 2.05) is 0 Å². The number of aromatic nitrogens is 1. The highest BCUT2D eigenvalue weighted by Gasteiger charge is 2.41. The number of carbonyl (C=O) groups is 2. The fourth-order valence-corrected chi connectivity index (χ4v) is 2.28. The second-order valence-corrected chi connectivity index (χ2v) is 4.80. The first kappa shape index (κ1) is 15.2. The molecule has 1 aromatic rings. The molecule has 2 heterocycles. The van der Waals surface area contributed by atoms with E-state index in [1.165, 1.54) is 20.0 Å². The first-order valence-corrected chi connectivity index (χ1v) is 6.61. The van der Waals surface area contributed by atoms with Crippen molar-refractivity contribution in [2.45, 2.75) is 38.6 Å². The minimum Gasteiger partial charge on any atom is -0.618 e. The van der Waals surface area contributed by atoms with Crippen LogP contribution in [0.4, 0.5) is 0 Å².